The fourth-order valence-electron chi connectivity index (χ4n) is 3.34. The number of halogens is 3. The van der Waals surface area contributed by atoms with Gasteiger partial charge in [-0.3, -0.25) is 0 Å². The minimum Gasteiger partial charge on any atom is -0.315 e. The van der Waals surface area contributed by atoms with Crippen molar-refractivity contribution >= 4 is 0 Å². The molecule has 2 fully saturated rings. The van der Waals surface area contributed by atoms with Crippen LogP contribution in [0.4, 0.5) is 13.2 Å². The first-order valence-corrected chi connectivity index (χ1v) is 5.77. The Balaban J connectivity index is 2.11. The molecule has 1 saturated carbocycles. The molecular weight excluding hydrogens is 227 g/mol. The van der Waals surface area contributed by atoms with Gasteiger partial charge in [0.25, 0.3) is 0 Å². The molecule has 1 aromatic rings. The maximum atomic E-state index is 13.0. The fourth-order valence-corrected chi connectivity index (χ4v) is 3.34. The molecule has 2 unspecified atom stereocenters. The second-order valence-electron chi connectivity index (χ2n) is 5.47. The predicted octanol–water partition coefficient (Wildman–Crippen LogP) is 2.96. The molecule has 1 aliphatic heterocycles. The number of alkyl halides is 3. The zero-order valence-corrected chi connectivity index (χ0v) is 9.56. The fraction of sp³-hybridized carbons (Fsp3) is 0.538. The smallest absolute Gasteiger partial charge is 0.315 e. The largest absolute Gasteiger partial charge is 0.416 e. The molecule has 0 aromatic heterocycles. The van der Waals surface area contributed by atoms with Gasteiger partial charge in [-0.1, -0.05) is 25.1 Å². The second-order valence-corrected chi connectivity index (χ2v) is 5.47. The van der Waals surface area contributed by atoms with Crippen molar-refractivity contribution in [3.63, 3.8) is 0 Å². The summed E-state index contributed by atoms with van der Waals surface area (Å²) in [5.74, 6) is 0. The van der Waals surface area contributed by atoms with E-state index in [1.54, 1.807) is 12.1 Å². The summed E-state index contributed by atoms with van der Waals surface area (Å²) in [5.41, 5.74) is -0.277. The summed E-state index contributed by atoms with van der Waals surface area (Å²) >= 11 is 0. The Bertz CT molecular complexity index is 464. The average molecular weight is 241 g/mol. The van der Waals surface area contributed by atoms with Gasteiger partial charge in [0.1, 0.15) is 0 Å². The minimum absolute atomic E-state index is 0.00829. The highest BCUT2D eigenvalue weighted by molar-refractivity contribution is 5.46. The van der Waals surface area contributed by atoms with E-state index < -0.39 is 11.7 Å². The Morgan fingerprint density at radius 3 is 2.41 bits per heavy atom. The molecule has 1 nitrogen and oxygen atoms in total. The van der Waals surface area contributed by atoms with Crippen LogP contribution in [0.1, 0.15) is 24.5 Å². The summed E-state index contributed by atoms with van der Waals surface area (Å²) in [7, 11) is 0. The number of piperidine rings is 1. The van der Waals surface area contributed by atoms with Gasteiger partial charge in [-0.05, 0) is 23.5 Å². The highest BCUT2D eigenvalue weighted by Crippen LogP contribution is 2.67. The van der Waals surface area contributed by atoms with Crippen LogP contribution in [0.25, 0.3) is 0 Å². The molecule has 1 aromatic carbocycles. The average Bonchev–Trinajstić information content (AvgIpc) is 2.72. The van der Waals surface area contributed by atoms with Gasteiger partial charge >= 0.3 is 6.18 Å². The Morgan fingerprint density at radius 1 is 1.18 bits per heavy atom. The third-order valence-corrected chi connectivity index (χ3v) is 4.41. The van der Waals surface area contributed by atoms with Crippen molar-refractivity contribution in [2.45, 2.75) is 24.9 Å². The van der Waals surface area contributed by atoms with Gasteiger partial charge in [-0.2, -0.15) is 13.2 Å². The first-order chi connectivity index (χ1) is 7.89. The number of rotatable bonds is 1. The number of benzene rings is 1. The van der Waals surface area contributed by atoms with Gasteiger partial charge in [0.05, 0.1) is 5.56 Å². The molecule has 1 heterocycles. The summed E-state index contributed by atoms with van der Waals surface area (Å²) in [6, 6.07) is 6.00. The lowest BCUT2D eigenvalue weighted by Gasteiger charge is -2.20. The number of nitrogens with one attached hydrogen (secondary N) is 1. The third-order valence-electron chi connectivity index (χ3n) is 4.41. The van der Waals surface area contributed by atoms with Gasteiger partial charge < -0.3 is 5.32 Å². The molecule has 1 N–H and O–H groups in total. The number of hydrogen-bond acceptors (Lipinski definition) is 1. The van der Waals surface area contributed by atoms with E-state index in [1.807, 2.05) is 0 Å². The molecule has 0 amide bonds. The van der Waals surface area contributed by atoms with E-state index in [2.05, 4.69) is 12.2 Å². The lowest BCUT2D eigenvalue weighted by Crippen LogP contribution is -2.23. The van der Waals surface area contributed by atoms with Crippen LogP contribution >= 0.6 is 0 Å². The number of hydrogen-bond donors (Lipinski definition) is 1. The molecule has 17 heavy (non-hydrogen) atoms. The van der Waals surface area contributed by atoms with Crippen LogP contribution in [-0.2, 0) is 11.6 Å². The first kappa shape index (κ1) is 11.1. The summed E-state index contributed by atoms with van der Waals surface area (Å²) < 4.78 is 39.0. The van der Waals surface area contributed by atoms with Crippen LogP contribution in [0, 0.1) is 5.41 Å². The van der Waals surface area contributed by atoms with Crippen molar-refractivity contribution in [1.82, 2.24) is 5.32 Å². The van der Waals surface area contributed by atoms with Gasteiger partial charge in [-0.25, -0.2) is 0 Å². The van der Waals surface area contributed by atoms with Crippen molar-refractivity contribution < 1.29 is 13.2 Å². The van der Waals surface area contributed by atoms with Gasteiger partial charge in [-0.15, -0.1) is 0 Å². The standard InChI is InChI=1S/C13H14F3N/c1-11-6-12(11,8-17-7-11)9-4-2-3-5-10(9)13(14,15)16/h2-5,17H,6-8H2,1H3. The summed E-state index contributed by atoms with van der Waals surface area (Å²) in [6.45, 7) is 3.55. The van der Waals surface area contributed by atoms with E-state index in [1.165, 1.54) is 12.1 Å². The van der Waals surface area contributed by atoms with Crippen molar-refractivity contribution in [2.24, 2.45) is 5.41 Å². The highest BCUT2D eigenvalue weighted by atomic mass is 19.4. The van der Waals surface area contributed by atoms with Gasteiger partial charge in [0, 0.05) is 18.5 Å². The Morgan fingerprint density at radius 2 is 1.88 bits per heavy atom. The molecule has 0 radical (unpaired) electrons. The SMILES string of the molecule is CC12CNCC1(c1ccccc1C(F)(F)F)C2. The summed E-state index contributed by atoms with van der Waals surface area (Å²) in [6.07, 6.45) is -3.39. The lowest BCUT2D eigenvalue weighted by molar-refractivity contribution is -0.138. The molecule has 3 rings (SSSR count). The molecule has 0 spiro atoms. The van der Waals surface area contributed by atoms with E-state index in [9.17, 15) is 13.2 Å². The lowest BCUT2D eigenvalue weighted by atomic mass is 9.86. The van der Waals surface area contributed by atoms with Crippen LogP contribution in [0.5, 0.6) is 0 Å². The third kappa shape index (κ3) is 1.36. The first-order valence-electron chi connectivity index (χ1n) is 5.77. The molecule has 2 aliphatic rings. The van der Waals surface area contributed by atoms with Crippen molar-refractivity contribution in [3.05, 3.63) is 35.4 Å². The molecular formula is C13H14F3N. The Labute approximate surface area is 98.0 Å². The maximum Gasteiger partial charge on any atom is 0.416 e. The Hall–Kier alpha value is -1.03. The highest BCUT2D eigenvalue weighted by Gasteiger charge is 2.68. The quantitative estimate of drug-likeness (QED) is 0.797. The molecule has 2 atom stereocenters. The van der Waals surface area contributed by atoms with Gasteiger partial charge in [0.2, 0.25) is 0 Å². The van der Waals surface area contributed by atoms with E-state index in [-0.39, 0.29) is 10.8 Å². The van der Waals surface area contributed by atoms with Crippen LogP contribution in [0.15, 0.2) is 24.3 Å². The monoisotopic (exact) mass is 241 g/mol. The molecule has 0 bridgehead atoms. The topological polar surface area (TPSA) is 12.0 Å². The van der Waals surface area contributed by atoms with Gasteiger partial charge in [0.15, 0.2) is 0 Å². The van der Waals surface area contributed by atoms with E-state index in [0.29, 0.717) is 12.1 Å². The predicted molar refractivity (Wildman–Crippen MR) is 58.7 cm³/mol. The van der Waals surface area contributed by atoms with Crippen molar-refractivity contribution in [2.75, 3.05) is 13.1 Å². The van der Waals surface area contributed by atoms with E-state index in [0.717, 1.165) is 13.0 Å². The van der Waals surface area contributed by atoms with Crippen LogP contribution in [-0.4, -0.2) is 13.1 Å². The van der Waals surface area contributed by atoms with Crippen LogP contribution < -0.4 is 5.32 Å². The summed E-state index contributed by atoms with van der Waals surface area (Å²) in [5, 5.41) is 3.21. The van der Waals surface area contributed by atoms with Crippen molar-refractivity contribution in [1.29, 1.82) is 0 Å². The second kappa shape index (κ2) is 3.05. The maximum absolute atomic E-state index is 13.0. The normalized spacial score (nSPS) is 35.8. The Kier molecular flexibility index (Phi) is 1.99. The summed E-state index contributed by atoms with van der Waals surface area (Å²) in [4.78, 5) is 0. The van der Waals surface area contributed by atoms with E-state index >= 15 is 0 Å². The zero-order valence-electron chi connectivity index (χ0n) is 9.56. The molecule has 92 valence electrons. The minimum atomic E-state index is -4.25. The number of fused-ring (bicyclic) bond motifs is 1. The van der Waals surface area contributed by atoms with Crippen molar-refractivity contribution in [3.8, 4) is 0 Å². The van der Waals surface area contributed by atoms with E-state index in [4.69, 9.17) is 0 Å². The zero-order chi connectivity index (χ0) is 12.3. The van der Waals surface area contributed by atoms with Crippen LogP contribution in [0.3, 0.4) is 0 Å². The van der Waals surface area contributed by atoms with Crippen LogP contribution in [0.2, 0.25) is 0 Å². The molecule has 1 saturated heterocycles. The molecule has 1 aliphatic carbocycles. The molecule has 4 heteroatoms.